The van der Waals surface area contributed by atoms with Crippen LogP contribution in [0.5, 0.6) is 0 Å². The van der Waals surface area contributed by atoms with Crippen molar-refractivity contribution in [3.63, 3.8) is 0 Å². The van der Waals surface area contributed by atoms with Gasteiger partial charge in [-0.15, -0.1) is 11.3 Å². The minimum atomic E-state index is -0.803. The third-order valence-corrected chi connectivity index (χ3v) is 5.16. The Balaban J connectivity index is 2.11. The number of carboxylic acids is 1. The Kier molecular flexibility index (Phi) is 4.99. The van der Waals surface area contributed by atoms with Crippen molar-refractivity contribution in [2.45, 2.75) is 58.5 Å². The molecule has 1 aliphatic heterocycles. The van der Waals surface area contributed by atoms with E-state index in [4.69, 9.17) is 5.11 Å². The molecule has 1 unspecified atom stereocenters. The smallest absolute Gasteiger partial charge is 0.345 e. The van der Waals surface area contributed by atoms with Crippen LogP contribution >= 0.6 is 11.3 Å². The Labute approximate surface area is 119 Å². The molecule has 1 aliphatic rings. The Morgan fingerprint density at radius 3 is 2.89 bits per heavy atom. The molecule has 1 atom stereocenters. The maximum atomic E-state index is 11.0. The average molecular weight is 281 g/mol. The molecule has 0 aromatic carbocycles. The Hall–Kier alpha value is -0.870. The zero-order valence-electron chi connectivity index (χ0n) is 11.8. The minimum Gasteiger partial charge on any atom is -0.477 e. The van der Waals surface area contributed by atoms with Crippen LogP contribution in [0.3, 0.4) is 0 Å². The zero-order valence-corrected chi connectivity index (χ0v) is 12.6. The summed E-state index contributed by atoms with van der Waals surface area (Å²) in [5.41, 5.74) is 1.20. The van der Waals surface area contributed by atoms with Crippen LogP contribution in [0.25, 0.3) is 0 Å². The van der Waals surface area contributed by atoms with Crippen molar-refractivity contribution in [2.75, 3.05) is 6.54 Å². The number of aryl methyl sites for hydroxylation is 1. The first kappa shape index (κ1) is 14.5. The van der Waals surface area contributed by atoms with Crippen LogP contribution in [-0.2, 0) is 6.54 Å². The van der Waals surface area contributed by atoms with Crippen molar-refractivity contribution in [3.05, 3.63) is 21.4 Å². The molecule has 0 bridgehead atoms. The normalized spacial score (nSPS) is 21.3. The molecule has 1 aromatic heterocycles. The lowest BCUT2D eigenvalue weighted by Gasteiger charge is -2.29. The van der Waals surface area contributed by atoms with Gasteiger partial charge >= 0.3 is 5.97 Å². The van der Waals surface area contributed by atoms with Gasteiger partial charge in [-0.3, -0.25) is 4.90 Å². The second-order valence-electron chi connectivity index (χ2n) is 5.38. The first-order valence-corrected chi connectivity index (χ1v) is 8.00. The highest BCUT2D eigenvalue weighted by molar-refractivity contribution is 7.14. The number of thiophene rings is 1. The van der Waals surface area contributed by atoms with Gasteiger partial charge in [0.25, 0.3) is 0 Å². The van der Waals surface area contributed by atoms with Crippen molar-refractivity contribution in [2.24, 2.45) is 0 Å². The van der Waals surface area contributed by atoms with E-state index in [0.717, 1.165) is 18.0 Å². The Morgan fingerprint density at radius 2 is 2.26 bits per heavy atom. The topological polar surface area (TPSA) is 40.5 Å². The molecule has 1 saturated heterocycles. The third-order valence-electron chi connectivity index (χ3n) is 4.08. The summed E-state index contributed by atoms with van der Waals surface area (Å²) in [6.07, 6.45) is 6.40. The van der Waals surface area contributed by atoms with Gasteiger partial charge in [0.1, 0.15) is 4.88 Å². The highest BCUT2D eigenvalue weighted by Crippen LogP contribution is 2.26. The lowest BCUT2D eigenvalue weighted by Crippen LogP contribution is -2.33. The average Bonchev–Trinajstić information content (AvgIpc) is 2.61. The Morgan fingerprint density at radius 1 is 1.47 bits per heavy atom. The Bertz CT molecular complexity index is 441. The molecule has 19 heavy (non-hydrogen) atoms. The molecular weight excluding hydrogens is 258 g/mol. The maximum Gasteiger partial charge on any atom is 0.345 e. The van der Waals surface area contributed by atoms with Crippen molar-refractivity contribution >= 4 is 17.3 Å². The lowest BCUT2D eigenvalue weighted by molar-refractivity contribution is 0.0702. The van der Waals surface area contributed by atoms with Crippen LogP contribution in [0.2, 0.25) is 0 Å². The molecule has 106 valence electrons. The number of nitrogens with zero attached hydrogens (tertiary/aromatic N) is 1. The standard InChI is InChI=1S/C15H23NO2S/c1-3-13-7-5-4-6-8-16(13)10-12-9-14(15(17)18)19-11(12)2/h9,13H,3-8,10H2,1-2H3,(H,17,18). The van der Waals surface area contributed by atoms with Gasteiger partial charge in [0.2, 0.25) is 0 Å². The zero-order chi connectivity index (χ0) is 13.8. The number of likely N-dealkylation sites (tertiary alicyclic amines) is 1. The van der Waals surface area contributed by atoms with E-state index in [1.807, 2.05) is 13.0 Å². The molecule has 0 radical (unpaired) electrons. The number of carboxylic acid groups (broad SMARTS) is 1. The number of aromatic carboxylic acids is 1. The molecule has 2 heterocycles. The van der Waals surface area contributed by atoms with Crippen LogP contribution < -0.4 is 0 Å². The summed E-state index contributed by atoms with van der Waals surface area (Å²) in [5.74, 6) is -0.803. The van der Waals surface area contributed by atoms with Gasteiger partial charge in [-0.1, -0.05) is 19.8 Å². The van der Waals surface area contributed by atoms with Crippen molar-refractivity contribution in [3.8, 4) is 0 Å². The monoisotopic (exact) mass is 281 g/mol. The second-order valence-corrected chi connectivity index (χ2v) is 6.64. The first-order valence-electron chi connectivity index (χ1n) is 7.18. The molecule has 4 heteroatoms. The quantitative estimate of drug-likeness (QED) is 0.909. The van der Waals surface area contributed by atoms with Gasteiger partial charge in [0.05, 0.1) is 0 Å². The number of hydrogen-bond donors (Lipinski definition) is 1. The highest BCUT2D eigenvalue weighted by Gasteiger charge is 2.21. The van der Waals surface area contributed by atoms with Crippen LogP contribution in [-0.4, -0.2) is 28.6 Å². The molecule has 3 nitrogen and oxygen atoms in total. The van der Waals surface area contributed by atoms with Crippen LogP contribution in [0, 0.1) is 6.92 Å². The lowest BCUT2D eigenvalue weighted by atomic mass is 10.1. The molecule has 2 rings (SSSR count). The molecule has 0 aliphatic carbocycles. The second kappa shape index (κ2) is 6.53. The fourth-order valence-electron chi connectivity index (χ4n) is 2.91. The fraction of sp³-hybridized carbons (Fsp3) is 0.667. The van der Waals surface area contributed by atoms with E-state index in [1.165, 1.54) is 49.0 Å². The van der Waals surface area contributed by atoms with Crippen molar-refractivity contribution < 1.29 is 9.90 Å². The van der Waals surface area contributed by atoms with Crippen molar-refractivity contribution in [1.29, 1.82) is 0 Å². The molecule has 1 aromatic rings. The van der Waals surface area contributed by atoms with Gasteiger partial charge in [-0.05, 0) is 44.4 Å². The van der Waals surface area contributed by atoms with Gasteiger partial charge in [-0.2, -0.15) is 0 Å². The predicted octanol–water partition coefficient (Wildman–Crippen LogP) is 3.91. The molecule has 0 saturated carbocycles. The largest absolute Gasteiger partial charge is 0.477 e. The van der Waals surface area contributed by atoms with Crippen LogP contribution in [0.15, 0.2) is 6.07 Å². The minimum absolute atomic E-state index is 0.468. The van der Waals surface area contributed by atoms with E-state index < -0.39 is 5.97 Å². The fourth-order valence-corrected chi connectivity index (χ4v) is 3.78. The first-order chi connectivity index (χ1) is 9.11. The summed E-state index contributed by atoms with van der Waals surface area (Å²) in [4.78, 5) is 15.2. The summed E-state index contributed by atoms with van der Waals surface area (Å²) < 4.78 is 0. The predicted molar refractivity (Wildman–Crippen MR) is 79.0 cm³/mol. The van der Waals surface area contributed by atoms with E-state index in [1.54, 1.807) is 0 Å². The van der Waals surface area contributed by atoms with E-state index >= 15 is 0 Å². The maximum absolute atomic E-state index is 11.0. The molecule has 0 spiro atoms. The van der Waals surface area contributed by atoms with Gasteiger partial charge in [0, 0.05) is 17.5 Å². The summed E-state index contributed by atoms with van der Waals surface area (Å²) in [5, 5.41) is 9.07. The molecule has 1 N–H and O–H groups in total. The summed E-state index contributed by atoms with van der Waals surface area (Å²) in [6.45, 7) is 6.35. The van der Waals surface area contributed by atoms with Crippen molar-refractivity contribution in [1.82, 2.24) is 4.90 Å². The summed E-state index contributed by atoms with van der Waals surface area (Å²) in [6, 6.07) is 2.52. The molecular formula is C15H23NO2S. The molecule has 0 amide bonds. The van der Waals surface area contributed by atoms with E-state index in [0.29, 0.717) is 10.9 Å². The van der Waals surface area contributed by atoms with E-state index in [9.17, 15) is 4.79 Å². The summed E-state index contributed by atoms with van der Waals surface area (Å²) in [7, 11) is 0. The highest BCUT2D eigenvalue weighted by atomic mass is 32.1. The number of hydrogen-bond acceptors (Lipinski definition) is 3. The van der Waals surface area contributed by atoms with Crippen LogP contribution in [0.1, 0.15) is 59.1 Å². The van der Waals surface area contributed by atoms with Gasteiger partial charge in [-0.25, -0.2) is 4.79 Å². The number of rotatable bonds is 4. The van der Waals surface area contributed by atoms with E-state index in [2.05, 4.69) is 11.8 Å². The third kappa shape index (κ3) is 3.57. The van der Waals surface area contributed by atoms with E-state index in [-0.39, 0.29) is 0 Å². The van der Waals surface area contributed by atoms with Gasteiger partial charge in [0.15, 0.2) is 0 Å². The number of carbonyl (C=O) groups is 1. The van der Waals surface area contributed by atoms with Crippen LogP contribution in [0.4, 0.5) is 0 Å². The molecule has 1 fully saturated rings. The van der Waals surface area contributed by atoms with Gasteiger partial charge < -0.3 is 5.11 Å². The SMILES string of the molecule is CCC1CCCCCN1Cc1cc(C(=O)O)sc1C. The summed E-state index contributed by atoms with van der Waals surface area (Å²) >= 11 is 1.40.